The SMILES string of the molecule is C[C@@H](NC(=O)/C(C#N)=C\c1ccc(OCc2ccc(C(=O)O)cc2)c(Br)c1)c1ccccc1. The van der Waals surface area contributed by atoms with Crippen molar-refractivity contribution in [1.29, 1.82) is 5.26 Å². The average molecular weight is 505 g/mol. The van der Waals surface area contributed by atoms with E-state index in [1.807, 2.05) is 43.3 Å². The first-order valence-corrected chi connectivity index (χ1v) is 10.9. The Morgan fingerprint density at radius 3 is 2.42 bits per heavy atom. The standard InChI is InChI=1S/C26H21BrN2O4/c1-17(20-5-3-2-4-6-20)29-25(30)22(15-28)13-19-9-12-24(23(27)14-19)33-16-18-7-10-21(11-8-18)26(31)32/h2-14,17H,16H2,1H3,(H,29,30)(H,31,32)/b22-13-/t17-/m1/s1. The molecule has 0 saturated carbocycles. The number of nitriles is 1. The summed E-state index contributed by atoms with van der Waals surface area (Å²) < 4.78 is 6.46. The van der Waals surface area contributed by atoms with Crippen LogP contribution < -0.4 is 10.1 Å². The Kier molecular flexibility index (Phi) is 8.01. The molecule has 0 aliphatic carbocycles. The van der Waals surface area contributed by atoms with Gasteiger partial charge in [-0.05, 0) is 69.9 Å². The number of carbonyl (C=O) groups is 2. The fraction of sp³-hybridized carbons (Fsp3) is 0.115. The highest BCUT2D eigenvalue weighted by atomic mass is 79.9. The van der Waals surface area contributed by atoms with Crippen molar-refractivity contribution in [3.05, 3.63) is 105 Å². The molecule has 3 aromatic rings. The molecule has 0 aliphatic rings. The molecule has 0 saturated heterocycles. The van der Waals surface area contributed by atoms with Gasteiger partial charge in [0.1, 0.15) is 24.0 Å². The van der Waals surface area contributed by atoms with Crippen LogP contribution in [-0.4, -0.2) is 17.0 Å². The summed E-state index contributed by atoms with van der Waals surface area (Å²) in [4.78, 5) is 23.5. The third-order valence-electron chi connectivity index (χ3n) is 4.87. The van der Waals surface area contributed by atoms with Crippen molar-refractivity contribution in [1.82, 2.24) is 5.32 Å². The van der Waals surface area contributed by atoms with Crippen LogP contribution in [0.2, 0.25) is 0 Å². The Balaban J connectivity index is 1.66. The minimum Gasteiger partial charge on any atom is -0.488 e. The molecule has 0 fully saturated rings. The topological polar surface area (TPSA) is 99.4 Å². The zero-order chi connectivity index (χ0) is 23.8. The zero-order valence-electron chi connectivity index (χ0n) is 17.8. The summed E-state index contributed by atoms with van der Waals surface area (Å²) in [6, 6.07) is 22.9. The predicted octanol–water partition coefficient (Wildman–Crippen LogP) is 5.51. The molecule has 1 amide bonds. The monoisotopic (exact) mass is 504 g/mol. The molecule has 2 N–H and O–H groups in total. The molecular weight excluding hydrogens is 484 g/mol. The van der Waals surface area contributed by atoms with E-state index < -0.39 is 11.9 Å². The van der Waals surface area contributed by atoms with Crippen LogP contribution >= 0.6 is 15.9 Å². The highest BCUT2D eigenvalue weighted by Crippen LogP contribution is 2.28. The fourth-order valence-corrected chi connectivity index (χ4v) is 3.55. The molecule has 0 aromatic heterocycles. The number of carbonyl (C=O) groups excluding carboxylic acids is 1. The third-order valence-corrected chi connectivity index (χ3v) is 5.49. The number of rotatable bonds is 8. The zero-order valence-corrected chi connectivity index (χ0v) is 19.4. The summed E-state index contributed by atoms with van der Waals surface area (Å²) in [7, 11) is 0. The maximum atomic E-state index is 12.6. The van der Waals surface area contributed by atoms with Crippen LogP contribution in [0.15, 0.2) is 82.8 Å². The molecule has 166 valence electrons. The molecule has 3 aromatic carbocycles. The average Bonchev–Trinajstić information content (AvgIpc) is 2.82. The fourth-order valence-electron chi connectivity index (χ4n) is 3.04. The van der Waals surface area contributed by atoms with Gasteiger partial charge >= 0.3 is 5.97 Å². The Hall–Kier alpha value is -3.89. The van der Waals surface area contributed by atoms with Gasteiger partial charge < -0.3 is 15.2 Å². The summed E-state index contributed by atoms with van der Waals surface area (Å²) >= 11 is 3.46. The highest BCUT2D eigenvalue weighted by molar-refractivity contribution is 9.10. The number of nitrogens with zero attached hydrogens (tertiary/aromatic N) is 1. The smallest absolute Gasteiger partial charge is 0.335 e. The van der Waals surface area contributed by atoms with Crippen LogP contribution in [0, 0.1) is 11.3 Å². The summed E-state index contributed by atoms with van der Waals surface area (Å²) in [5.41, 5.74) is 2.65. The van der Waals surface area contributed by atoms with Gasteiger partial charge in [-0.15, -0.1) is 0 Å². The molecule has 7 heteroatoms. The lowest BCUT2D eigenvalue weighted by atomic mass is 10.1. The molecule has 3 rings (SSSR count). The van der Waals surface area contributed by atoms with Crippen molar-refractivity contribution < 1.29 is 19.4 Å². The van der Waals surface area contributed by atoms with Crippen molar-refractivity contribution in [3.8, 4) is 11.8 Å². The van der Waals surface area contributed by atoms with Crippen molar-refractivity contribution in [3.63, 3.8) is 0 Å². The maximum absolute atomic E-state index is 12.6. The van der Waals surface area contributed by atoms with E-state index in [1.165, 1.54) is 18.2 Å². The molecule has 1 atom stereocenters. The van der Waals surface area contributed by atoms with Crippen LogP contribution in [0.4, 0.5) is 0 Å². The first-order valence-electron chi connectivity index (χ1n) is 10.1. The lowest BCUT2D eigenvalue weighted by Crippen LogP contribution is -2.27. The molecule has 0 radical (unpaired) electrons. The van der Waals surface area contributed by atoms with Crippen LogP contribution in [0.25, 0.3) is 6.08 Å². The van der Waals surface area contributed by atoms with Gasteiger partial charge in [-0.3, -0.25) is 4.79 Å². The molecule has 33 heavy (non-hydrogen) atoms. The van der Waals surface area contributed by atoms with Crippen molar-refractivity contribution >= 4 is 33.9 Å². The molecule has 0 spiro atoms. The van der Waals surface area contributed by atoms with E-state index >= 15 is 0 Å². The number of amides is 1. The van der Waals surface area contributed by atoms with Crippen molar-refractivity contribution in [2.45, 2.75) is 19.6 Å². The van der Waals surface area contributed by atoms with Gasteiger partial charge in [0.25, 0.3) is 5.91 Å². The third kappa shape index (κ3) is 6.55. The van der Waals surface area contributed by atoms with Crippen molar-refractivity contribution in [2.24, 2.45) is 0 Å². The van der Waals surface area contributed by atoms with Gasteiger partial charge in [-0.2, -0.15) is 5.26 Å². The van der Waals surface area contributed by atoms with Crippen LogP contribution in [0.5, 0.6) is 5.75 Å². The lowest BCUT2D eigenvalue weighted by molar-refractivity contribution is -0.117. The van der Waals surface area contributed by atoms with Gasteiger partial charge in [0.2, 0.25) is 0 Å². The number of hydrogen-bond donors (Lipinski definition) is 2. The molecule has 0 heterocycles. The number of benzene rings is 3. The van der Waals surface area contributed by atoms with Crippen LogP contribution in [0.3, 0.4) is 0 Å². The molecular formula is C26H21BrN2O4. The number of halogens is 1. The van der Waals surface area contributed by atoms with Gasteiger partial charge in [0.15, 0.2) is 0 Å². The summed E-state index contributed by atoms with van der Waals surface area (Å²) in [6.07, 6.45) is 1.52. The van der Waals surface area contributed by atoms with E-state index in [0.717, 1.165) is 11.1 Å². The number of carboxylic acids is 1. The number of carboxylic acid groups (broad SMARTS) is 1. The lowest BCUT2D eigenvalue weighted by Gasteiger charge is -2.14. The predicted molar refractivity (Wildman–Crippen MR) is 128 cm³/mol. The maximum Gasteiger partial charge on any atom is 0.335 e. The van der Waals surface area contributed by atoms with Crippen molar-refractivity contribution in [2.75, 3.05) is 0 Å². The summed E-state index contributed by atoms with van der Waals surface area (Å²) in [6.45, 7) is 2.12. The number of nitrogens with one attached hydrogen (secondary N) is 1. The molecule has 0 unspecified atom stereocenters. The van der Waals surface area contributed by atoms with Gasteiger partial charge in [-0.1, -0.05) is 48.5 Å². The van der Waals surface area contributed by atoms with Crippen LogP contribution in [-0.2, 0) is 11.4 Å². The second kappa shape index (κ2) is 11.1. The Labute approximate surface area is 200 Å². The van der Waals surface area contributed by atoms with Crippen LogP contribution in [0.1, 0.15) is 40.0 Å². The van der Waals surface area contributed by atoms with Gasteiger partial charge in [0, 0.05) is 0 Å². The van der Waals surface area contributed by atoms with Gasteiger partial charge in [-0.25, -0.2) is 4.79 Å². The van der Waals surface area contributed by atoms with E-state index in [1.54, 1.807) is 30.3 Å². The largest absolute Gasteiger partial charge is 0.488 e. The molecule has 0 aliphatic heterocycles. The normalized spacial score (nSPS) is 11.8. The first-order chi connectivity index (χ1) is 15.9. The molecule has 6 nitrogen and oxygen atoms in total. The Morgan fingerprint density at radius 2 is 1.82 bits per heavy atom. The number of ether oxygens (including phenoxy) is 1. The second-order valence-corrected chi connectivity index (χ2v) is 8.11. The second-order valence-electron chi connectivity index (χ2n) is 7.26. The number of hydrogen-bond acceptors (Lipinski definition) is 4. The number of aromatic carboxylic acids is 1. The molecule has 0 bridgehead atoms. The summed E-state index contributed by atoms with van der Waals surface area (Å²) in [5.74, 6) is -0.848. The first kappa shape index (κ1) is 23.8. The van der Waals surface area contributed by atoms with E-state index in [4.69, 9.17) is 9.84 Å². The van der Waals surface area contributed by atoms with E-state index in [0.29, 0.717) is 15.8 Å². The Morgan fingerprint density at radius 1 is 1.12 bits per heavy atom. The van der Waals surface area contributed by atoms with E-state index in [2.05, 4.69) is 21.2 Å². The summed E-state index contributed by atoms with van der Waals surface area (Å²) in [5, 5.41) is 21.3. The minimum atomic E-state index is -0.978. The van der Waals surface area contributed by atoms with Gasteiger partial charge in [0.05, 0.1) is 16.1 Å². The Bertz CT molecular complexity index is 1220. The highest BCUT2D eigenvalue weighted by Gasteiger charge is 2.14. The minimum absolute atomic E-state index is 0.00290. The quantitative estimate of drug-likeness (QED) is 0.311. The van der Waals surface area contributed by atoms with E-state index in [9.17, 15) is 14.9 Å². The van der Waals surface area contributed by atoms with E-state index in [-0.39, 0.29) is 23.8 Å².